The molecule has 25 heavy (non-hydrogen) atoms. The van der Waals surface area contributed by atoms with Crippen molar-refractivity contribution in [1.29, 1.82) is 0 Å². The SMILES string of the molecule is CC1C(=O)C23CC(O)C4C5(C)CCCC4(OC5=O)C2(C)CCC1(O)C3. The Hall–Kier alpha value is -0.940. The van der Waals surface area contributed by atoms with Crippen molar-refractivity contribution in [1.82, 2.24) is 0 Å². The first-order valence-electron chi connectivity index (χ1n) is 9.75. The molecule has 1 aliphatic heterocycles. The van der Waals surface area contributed by atoms with Crippen LogP contribution in [0.4, 0.5) is 0 Å². The van der Waals surface area contributed by atoms with E-state index >= 15 is 0 Å². The smallest absolute Gasteiger partial charge is 0.312 e. The number of hydrogen-bond acceptors (Lipinski definition) is 5. The minimum Gasteiger partial charge on any atom is -0.458 e. The molecule has 1 heterocycles. The molecule has 5 rings (SSSR count). The Labute approximate surface area is 148 Å². The molecule has 4 aliphatic carbocycles. The van der Waals surface area contributed by atoms with Crippen LogP contribution in [0, 0.1) is 28.1 Å². The number of hydrogen-bond donors (Lipinski definition) is 2. The number of fused-ring (bicyclic) bond motifs is 1. The number of Topliss-reactive ketones (excluding diaryl/α,β-unsaturated/α-hetero) is 1. The van der Waals surface area contributed by atoms with E-state index in [-0.39, 0.29) is 17.7 Å². The zero-order valence-electron chi connectivity index (χ0n) is 15.3. The van der Waals surface area contributed by atoms with Crippen LogP contribution < -0.4 is 0 Å². The van der Waals surface area contributed by atoms with E-state index < -0.39 is 39.5 Å². The zero-order chi connectivity index (χ0) is 18.0. The second-order valence-corrected chi connectivity index (χ2v) is 10.1. The van der Waals surface area contributed by atoms with Gasteiger partial charge in [-0.05, 0) is 51.9 Å². The molecular weight excluding hydrogens is 320 g/mol. The molecule has 5 heteroatoms. The maximum atomic E-state index is 13.4. The number of aliphatic hydroxyl groups excluding tert-OH is 1. The zero-order valence-corrected chi connectivity index (χ0v) is 15.3. The summed E-state index contributed by atoms with van der Waals surface area (Å²) in [5.41, 5.74) is -3.68. The summed E-state index contributed by atoms with van der Waals surface area (Å²) in [7, 11) is 0. The number of carbonyl (C=O) groups excluding carboxylic acids is 2. The van der Waals surface area contributed by atoms with E-state index in [4.69, 9.17) is 4.74 Å². The Bertz CT molecular complexity index is 704. The van der Waals surface area contributed by atoms with Crippen molar-refractivity contribution in [2.75, 3.05) is 0 Å². The lowest BCUT2D eigenvalue weighted by Gasteiger charge is -2.65. The van der Waals surface area contributed by atoms with E-state index in [1.807, 2.05) is 13.8 Å². The average molecular weight is 348 g/mol. The molecule has 0 radical (unpaired) electrons. The Morgan fingerprint density at radius 3 is 2.56 bits per heavy atom. The van der Waals surface area contributed by atoms with Gasteiger partial charge >= 0.3 is 5.97 Å². The van der Waals surface area contributed by atoms with Crippen molar-refractivity contribution in [3.8, 4) is 0 Å². The molecule has 2 N–H and O–H groups in total. The van der Waals surface area contributed by atoms with Crippen LogP contribution >= 0.6 is 0 Å². The molecule has 4 bridgehead atoms. The maximum absolute atomic E-state index is 13.4. The summed E-state index contributed by atoms with van der Waals surface area (Å²) < 4.78 is 6.15. The normalized spacial score (nSPS) is 62.4. The van der Waals surface area contributed by atoms with Gasteiger partial charge in [0.25, 0.3) is 0 Å². The molecule has 1 spiro atoms. The summed E-state index contributed by atoms with van der Waals surface area (Å²) in [4.78, 5) is 26.2. The highest BCUT2D eigenvalue weighted by Crippen LogP contribution is 2.77. The second-order valence-electron chi connectivity index (χ2n) is 10.1. The van der Waals surface area contributed by atoms with Crippen LogP contribution in [0.25, 0.3) is 0 Å². The molecular formula is C20H28O5. The Balaban J connectivity index is 1.75. The monoisotopic (exact) mass is 348 g/mol. The van der Waals surface area contributed by atoms with E-state index in [1.54, 1.807) is 0 Å². The number of carbonyl (C=O) groups is 2. The van der Waals surface area contributed by atoms with Crippen LogP contribution in [0.15, 0.2) is 0 Å². The molecule has 4 saturated carbocycles. The third-order valence-electron chi connectivity index (χ3n) is 9.44. The lowest BCUT2D eigenvalue weighted by molar-refractivity contribution is -0.254. The van der Waals surface area contributed by atoms with E-state index in [1.165, 1.54) is 0 Å². The topological polar surface area (TPSA) is 83.8 Å². The van der Waals surface area contributed by atoms with E-state index in [9.17, 15) is 19.8 Å². The lowest BCUT2D eigenvalue weighted by atomic mass is 9.38. The van der Waals surface area contributed by atoms with Crippen molar-refractivity contribution in [3.63, 3.8) is 0 Å². The van der Waals surface area contributed by atoms with Crippen LogP contribution in [0.3, 0.4) is 0 Å². The fraction of sp³-hybridized carbons (Fsp3) is 0.900. The largest absolute Gasteiger partial charge is 0.458 e. The van der Waals surface area contributed by atoms with Gasteiger partial charge in [0, 0.05) is 22.7 Å². The molecule has 0 aromatic rings. The molecule has 8 atom stereocenters. The lowest BCUT2D eigenvalue weighted by Crippen LogP contribution is -2.70. The van der Waals surface area contributed by atoms with Gasteiger partial charge in [-0.15, -0.1) is 0 Å². The quantitative estimate of drug-likeness (QED) is 0.654. The fourth-order valence-electron chi connectivity index (χ4n) is 8.02. The van der Waals surface area contributed by atoms with Crippen molar-refractivity contribution in [2.24, 2.45) is 28.1 Å². The summed E-state index contributed by atoms with van der Waals surface area (Å²) in [6.07, 6.45) is 3.60. The summed E-state index contributed by atoms with van der Waals surface area (Å²) in [6.45, 7) is 5.86. The number of ketones is 1. The van der Waals surface area contributed by atoms with Gasteiger partial charge in [0.2, 0.25) is 0 Å². The Morgan fingerprint density at radius 1 is 1.12 bits per heavy atom. The van der Waals surface area contributed by atoms with Crippen LogP contribution in [0.5, 0.6) is 0 Å². The van der Waals surface area contributed by atoms with E-state index in [2.05, 4.69) is 6.92 Å². The highest BCUT2D eigenvalue weighted by atomic mass is 16.6. The third kappa shape index (κ3) is 1.38. The molecule has 0 amide bonds. The number of esters is 1. The maximum Gasteiger partial charge on any atom is 0.312 e. The average Bonchev–Trinajstić information content (AvgIpc) is 2.79. The first-order valence-corrected chi connectivity index (χ1v) is 9.75. The number of aliphatic hydroxyl groups is 2. The van der Waals surface area contributed by atoms with Crippen LogP contribution in [-0.2, 0) is 14.3 Å². The summed E-state index contributed by atoms with van der Waals surface area (Å²) in [5, 5.41) is 22.2. The summed E-state index contributed by atoms with van der Waals surface area (Å²) >= 11 is 0. The number of ether oxygens (including phenoxy) is 1. The molecule has 8 unspecified atom stereocenters. The van der Waals surface area contributed by atoms with Crippen molar-refractivity contribution in [3.05, 3.63) is 0 Å². The highest BCUT2D eigenvalue weighted by molar-refractivity contribution is 5.93. The predicted molar refractivity (Wildman–Crippen MR) is 88.4 cm³/mol. The van der Waals surface area contributed by atoms with Gasteiger partial charge in [-0.3, -0.25) is 9.59 Å². The van der Waals surface area contributed by atoms with Crippen molar-refractivity contribution in [2.45, 2.75) is 83.0 Å². The van der Waals surface area contributed by atoms with Gasteiger partial charge < -0.3 is 14.9 Å². The first kappa shape index (κ1) is 16.2. The van der Waals surface area contributed by atoms with Gasteiger partial charge in [-0.1, -0.05) is 13.8 Å². The van der Waals surface area contributed by atoms with E-state index in [0.717, 1.165) is 12.8 Å². The van der Waals surface area contributed by atoms with Gasteiger partial charge in [0.1, 0.15) is 11.4 Å². The first-order chi connectivity index (χ1) is 11.6. The van der Waals surface area contributed by atoms with E-state index in [0.29, 0.717) is 32.1 Å². The minimum atomic E-state index is -0.972. The molecule has 5 fully saturated rings. The van der Waals surface area contributed by atoms with Crippen LogP contribution in [0.2, 0.25) is 0 Å². The highest BCUT2D eigenvalue weighted by Gasteiger charge is 2.83. The Kier molecular flexibility index (Phi) is 2.69. The molecule has 5 nitrogen and oxygen atoms in total. The predicted octanol–water partition coefficient (Wildman–Crippen LogP) is 1.98. The van der Waals surface area contributed by atoms with Crippen LogP contribution in [-0.4, -0.2) is 39.3 Å². The molecule has 0 aromatic heterocycles. The molecule has 138 valence electrons. The van der Waals surface area contributed by atoms with Gasteiger partial charge in [0.05, 0.1) is 17.1 Å². The van der Waals surface area contributed by atoms with Crippen molar-refractivity contribution >= 4 is 11.8 Å². The van der Waals surface area contributed by atoms with Gasteiger partial charge in [0.15, 0.2) is 0 Å². The third-order valence-corrected chi connectivity index (χ3v) is 9.44. The standard InChI is InChI=1S/C20H28O5/c1-11-14(22)18-9-12(21)13-16(2)5-4-6-20(13,25-15(16)23)17(18,3)7-8-19(11,24)10-18/h11-13,21,24H,4-10H2,1-3H3. The van der Waals surface area contributed by atoms with Gasteiger partial charge in [-0.2, -0.15) is 0 Å². The number of rotatable bonds is 0. The van der Waals surface area contributed by atoms with Crippen LogP contribution in [0.1, 0.15) is 65.7 Å². The molecule has 0 aromatic carbocycles. The molecule has 1 saturated heterocycles. The summed E-state index contributed by atoms with van der Waals surface area (Å²) in [5.74, 6) is -0.794. The van der Waals surface area contributed by atoms with Crippen molar-refractivity contribution < 1.29 is 24.5 Å². The van der Waals surface area contributed by atoms with Gasteiger partial charge in [-0.25, -0.2) is 0 Å². The Morgan fingerprint density at radius 2 is 1.84 bits per heavy atom. The molecule has 5 aliphatic rings. The second kappa shape index (κ2) is 4.14. The fourth-order valence-corrected chi connectivity index (χ4v) is 8.02. The summed E-state index contributed by atoms with van der Waals surface area (Å²) in [6, 6.07) is 0. The minimum absolute atomic E-state index is 0.0668.